The van der Waals surface area contributed by atoms with Gasteiger partial charge in [-0.3, -0.25) is 9.36 Å². The minimum Gasteiger partial charge on any atom is -0.329 e. The van der Waals surface area contributed by atoms with E-state index in [1.165, 1.54) is 11.3 Å². The van der Waals surface area contributed by atoms with E-state index in [2.05, 4.69) is 45.2 Å². The number of rotatable bonds is 4. The van der Waals surface area contributed by atoms with Crippen LogP contribution in [0.25, 0.3) is 11.3 Å². The van der Waals surface area contributed by atoms with Gasteiger partial charge < -0.3 is 4.57 Å². The molecule has 0 saturated heterocycles. The van der Waals surface area contributed by atoms with Gasteiger partial charge in [0.2, 0.25) is 0 Å². The predicted molar refractivity (Wildman–Crippen MR) is 85.6 cm³/mol. The van der Waals surface area contributed by atoms with Crippen LogP contribution in [0.15, 0.2) is 18.7 Å². The van der Waals surface area contributed by atoms with Crippen LogP contribution in [0.4, 0.5) is 0 Å². The quantitative estimate of drug-likeness (QED) is 0.743. The van der Waals surface area contributed by atoms with Gasteiger partial charge in [0.05, 0.1) is 36.2 Å². The van der Waals surface area contributed by atoms with Gasteiger partial charge in [-0.15, -0.1) is 0 Å². The number of aryl methyl sites for hydroxylation is 5. The Hall–Kier alpha value is -2.37. The van der Waals surface area contributed by atoms with Crippen molar-refractivity contribution in [1.29, 1.82) is 0 Å². The molecule has 0 saturated carbocycles. The van der Waals surface area contributed by atoms with Crippen molar-refractivity contribution in [3.63, 3.8) is 0 Å². The average Bonchev–Trinajstić information content (AvgIpc) is 3.12. The van der Waals surface area contributed by atoms with Crippen LogP contribution in [0.5, 0.6) is 0 Å². The molecule has 3 aromatic rings. The molecule has 3 rings (SSSR count). The van der Waals surface area contributed by atoms with E-state index in [0.717, 1.165) is 35.7 Å². The summed E-state index contributed by atoms with van der Waals surface area (Å²) in [7, 11) is 1.94. The predicted octanol–water partition coefficient (Wildman–Crippen LogP) is 2.41. The molecule has 3 aromatic heterocycles. The zero-order valence-electron chi connectivity index (χ0n) is 13.8. The molecule has 116 valence electrons. The molecule has 0 unspecified atom stereocenters. The molecule has 3 heterocycles. The summed E-state index contributed by atoms with van der Waals surface area (Å²) in [4.78, 5) is 4.30. The first kappa shape index (κ1) is 14.6. The standard InChI is InChI=1S/C16H22N6/c1-11-12(2)19-22(14(11)4)7-6-21-10-17-8-16(21)15-9-20(5)18-13(15)3/h8-10H,6-7H2,1-5H3. The molecule has 0 aliphatic heterocycles. The molecule has 0 N–H and O–H groups in total. The lowest BCUT2D eigenvalue weighted by molar-refractivity contribution is 0.523. The summed E-state index contributed by atoms with van der Waals surface area (Å²) in [5.74, 6) is 0. The Morgan fingerprint density at radius 3 is 2.36 bits per heavy atom. The molecule has 0 amide bonds. The smallest absolute Gasteiger partial charge is 0.0951 e. The van der Waals surface area contributed by atoms with E-state index in [-0.39, 0.29) is 0 Å². The molecule has 0 atom stereocenters. The van der Waals surface area contributed by atoms with Gasteiger partial charge in [0.25, 0.3) is 0 Å². The van der Waals surface area contributed by atoms with Crippen LogP contribution in [0.1, 0.15) is 22.6 Å². The van der Waals surface area contributed by atoms with E-state index in [1.807, 2.05) is 37.4 Å². The first-order valence-electron chi connectivity index (χ1n) is 7.48. The van der Waals surface area contributed by atoms with Crippen LogP contribution in [-0.2, 0) is 20.1 Å². The molecule has 0 aliphatic rings. The normalized spacial score (nSPS) is 11.3. The van der Waals surface area contributed by atoms with Crippen molar-refractivity contribution < 1.29 is 0 Å². The van der Waals surface area contributed by atoms with Gasteiger partial charge in [0.1, 0.15) is 0 Å². The number of aromatic nitrogens is 6. The van der Waals surface area contributed by atoms with Crippen molar-refractivity contribution >= 4 is 0 Å². The minimum atomic E-state index is 0.836. The SMILES string of the molecule is Cc1nn(C)cc1-c1cncn1CCn1nc(C)c(C)c1C. The number of imidazole rings is 1. The van der Waals surface area contributed by atoms with Crippen LogP contribution in [0.3, 0.4) is 0 Å². The monoisotopic (exact) mass is 298 g/mol. The number of nitrogens with zero attached hydrogens (tertiary/aromatic N) is 6. The Labute approximate surface area is 130 Å². The summed E-state index contributed by atoms with van der Waals surface area (Å²) in [6.07, 6.45) is 5.81. The van der Waals surface area contributed by atoms with Gasteiger partial charge in [-0.1, -0.05) is 0 Å². The minimum absolute atomic E-state index is 0.836. The van der Waals surface area contributed by atoms with Crippen LogP contribution in [0, 0.1) is 27.7 Å². The highest BCUT2D eigenvalue weighted by atomic mass is 15.3. The lowest BCUT2D eigenvalue weighted by Crippen LogP contribution is -2.10. The molecule has 0 bridgehead atoms. The molecule has 0 fully saturated rings. The Morgan fingerprint density at radius 1 is 1.00 bits per heavy atom. The maximum Gasteiger partial charge on any atom is 0.0951 e. The molecular weight excluding hydrogens is 276 g/mol. The van der Waals surface area contributed by atoms with Gasteiger partial charge in [-0.25, -0.2) is 4.98 Å². The highest BCUT2D eigenvalue weighted by molar-refractivity contribution is 5.60. The third kappa shape index (κ3) is 2.45. The van der Waals surface area contributed by atoms with Crippen molar-refractivity contribution in [2.45, 2.75) is 40.8 Å². The summed E-state index contributed by atoms with van der Waals surface area (Å²) in [6, 6.07) is 0. The number of hydrogen-bond donors (Lipinski definition) is 0. The van der Waals surface area contributed by atoms with Crippen LogP contribution in [0.2, 0.25) is 0 Å². The summed E-state index contributed by atoms with van der Waals surface area (Å²) >= 11 is 0. The van der Waals surface area contributed by atoms with Crippen molar-refractivity contribution in [2.24, 2.45) is 7.05 Å². The van der Waals surface area contributed by atoms with Gasteiger partial charge in [0, 0.05) is 31.0 Å². The molecule has 0 spiro atoms. The second-order valence-electron chi connectivity index (χ2n) is 5.79. The van der Waals surface area contributed by atoms with E-state index in [9.17, 15) is 0 Å². The van der Waals surface area contributed by atoms with E-state index >= 15 is 0 Å². The third-order valence-corrected chi connectivity index (χ3v) is 4.30. The Kier molecular flexibility index (Phi) is 3.60. The van der Waals surface area contributed by atoms with Gasteiger partial charge in [0.15, 0.2) is 0 Å². The molecule has 6 heteroatoms. The summed E-state index contributed by atoms with van der Waals surface area (Å²) < 4.78 is 6.08. The second kappa shape index (κ2) is 5.44. The topological polar surface area (TPSA) is 53.5 Å². The van der Waals surface area contributed by atoms with E-state index < -0.39 is 0 Å². The first-order valence-corrected chi connectivity index (χ1v) is 7.48. The summed E-state index contributed by atoms with van der Waals surface area (Å²) in [6.45, 7) is 10.00. The van der Waals surface area contributed by atoms with Crippen molar-refractivity contribution in [3.05, 3.63) is 41.4 Å². The summed E-state index contributed by atoms with van der Waals surface area (Å²) in [5, 5.41) is 9.01. The lowest BCUT2D eigenvalue weighted by atomic mass is 10.2. The highest BCUT2D eigenvalue weighted by Gasteiger charge is 2.12. The van der Waals surface area contributed by atoms with Crippen LogP contribution < -0.4 is 0 Å². The second-order valence-corrected chi connectivity index (χ2v) is 5.79. The fourth-order valence-corrected chi connectivity index (χ4v) is 2.78. The molecule has 0 radical (unpaired) electrons. The molecule has 6 nitrogen and oxygen atoms in total. The molecule has 22 heavy (non-hydrogen) atoms. The summed E-state index contributed by atoms with van der Waals surface area (Å²) in [5.41, 5.74) is 6.86. The Balaban J connectivity index is 1.84. The lowest BCUT2D eigenvalue weighted by Gasteiger charge is -2.09. The van der Waals surface area contributed by atoms with E-state index in [1.54, 1.807) is 0 Å². The fourth-order valence-electron chi connectivity index (χ4n) is 2.78. The van der Waals surface area contributed by atoms with Crippen molar-refractivity contribution in [2.75, 3.05) is 0 Å². The highest BCUT2D eigenvalue weighted by Crippen LogP contribution is 2.22. The Bertz CT molecular complexity index is 805. The van der Waals surface area contributed by atoms with E-state index in [0.29, 0.717) is 0 Å². The zero-order chi connectivity index (χ0) is 15.9. The maximum absolute atomic E-state index is 4.60. The van der Waals surface area contributed by atoms with Crippen molar-refractivity contribution in [1.82, 2.24) is 29.1 Å². The first-order chi connectivity index (χ1) is 10.5. The third-order valence-electron chi connectivity index (χ3n) is 4.30. The Morgan fingerprint density at radius 2 is 1.77 bits per heavy atom. The molecular formula is C16H22N6. The molecule has 0 aromatic carbocycles. The largest absolute Gasteiger partial charge is 0.329 e. The number of hydrogen-bond acceptors (Lipinski definition) is 3. The van der Waals surface area contributed by atoms with Crippen LogP contribution >= 0.6 is 0 Å². The maximum atomic E-state index is 4.60. The average molecular weight is 298 g/mol. The van der Waals surface area contributed by atoms with Gasteiger partial charge in [-0.2, -0.15) is 10.2 Å². The zero-order valence-corrected chi connectivity index (χ0v) is 13.8. The fraction of sp³-hybridized carbons (Fsp3) is 0.438. The van der Waals surface area contributed by atoms with Gasteiger partial charge >= 0.3 is 0 Å². The van der Waals surface area contributed by atoms with Crippen molar-refractivity contribution in [3.8, 4) is 11.3 Å². The molecule has 0 aliphatic carbocycles. The van der Waals surface area contributed by atoms with Crippen LogP contribution in [-0.4, -0.2) is 29.1 Å². The van der Waals surface area contributed by atoms with E-state index in [4.69, 9.17) is 0 Å². The van der Waals surface area contributed by atoms with Gasteiger partial charge in [-0.05, 0) is 33.3 Å².